The lowest BCUT2D eigenvalue weighted by molar-refractivity contribution is -0.689. The molecule has 0 aliphatic heterocycles. The topological polar surface area (TPSA) is 51.4 Å². The van der Waals surface area contributed by atoms with Crippen molar-refractivity contribution in [2.75, 3.05) is 18.5 Å². The van der Waals surface area contributed by atoms with Gasteiger partial charge < -0.3 is 14.8 Å². The second-order valence-electron chi connectivity index (χ2n) is 10.4. The van der Waals surface area contributed by atoms with Crippen LogP contribution in [0.15, 0.2) is 59.4 Å². The largest absolute Gasteiger partial charge is 0.493 e. The number of amides is 1. The minimum atomic E-state index is -0.186. The molecule has 39 heavy (non-hydrogen) atoms. The number of anilines is 1. The van der Waals surface area contributed by atoms with E-state index in [0.29, 0.717) is 12.4 Å². The Morgan fingerprint density at radius 1 is 0.821 bits per heavy atom. The van der Waals surface area contributed by atoms with Gasteiger partial charge in [-0.15, -0.1) is 0 Å². The SMILES string of the molecule is CCCCCCCCCCCCCCOc1cccc(OCC(=O)Nc2cccc(C[n+]3cscc3C)c2)c1. The van der Waals surface area contributed by atoms with Gasteiger partial charge in [0.1, 0.15) is 11.5 Å². The Morgan fingerprint density at radius 2 is 1.46 bits per heavy atom. The molecule has 2 aromatic carbocycles. The lowest BCUT2D eigenvalue weighted by Gasteiger charge is -2.10. The summed E-state index contributed by atoms with van der Waals surface area (Å²) in [6.45, 7) is 5.81. The maximum Gasteiger partial charge on any atom is 0.262 e. The number of nitrogens with zero attached hydrogens (tertiary/aromatic N) is 1. The average Bonchev–Trinajstić information content (AvgIpc) is 3.34. The van der Waals surface area contributed by atoms with E-state index in [9.17, 15) is 4.79 Å². The second-order valence-corrected chi connectivity index (χ2v) is 11.1. The van der Waals surface area contributed by atoms with Crippen LogP contribution in [0.5, 0.6) is 11.5 Å². The van der Waals surface area contributed by atoms with E-state index in [2.05, 4.69) is 40.7 Å². The molecule has 0 aliphatic rings. The number of thiazole rings is 1. The zero-order valence-electron chi connectivity index (χ0n) is 24.0. The summed E-state index contributed by atoms with van der Waals surface area (Å²) >= 11 is 1.69. The summed E-state index contributed by atoms with van der Waals surface area (Å²) in [6.07, 6.45) is 16.0. The molecule has 0 bridgehead atoms. The lowest BCUT2D eigenvalue weighted by atomic mass is 10.1. The average molecular weight is 552 g/mol. The van der Waals surface area contributed by atoms with Gasteiger partial charge in [-0.2, -0.15) is 4.57 Å². The van der Waals surface area contributed by atoms with Crippen molar-refractivity contribution in [3.8, 4) is 11.5 Å². The molecule has 3 rings (SSSR count). The second kappa shape index (κ2) is 18.4. The molecular formula is C33H47N2O3S+. The highest BCUT2D eigenvalue weighted by Crippen LogP contribution is 2.20. The number of hydrogen-bond donors (Lipinski definition) is 1. The summed E-state index contributed by atoms with van der Waals surface area (Å²) < 4.78 is 13.9. The lowest BCUT2D eigenvalue weighted by Crippen LogP contribution is -2.34. The fourth-order valence-electron chi connectivity index (χ4n) is 4.59. The highest BCUT2D eigenvalue weighted by Gasteiger charge is 2.10. The van der Waals surface area contributed by atoms with Crippen molar-refractivity contribution in [1.29, 1.82) is 0 Å². The zero-order valence-corrected chi connectivity index (χ0v) is 24.8. The van der Waals surface area contributed by atoms with Crippen LogP contribution >= 0.6 is 11.3 Å². The molecule has 6 heteroatoms. The summed E-state index contributed by atoms with van der Waals surface area (Å²) in [5.74, 6) is 1.23. The predicted octanol–water partition coefficient (Wildman–Crippen LogP) is 8.49. The number of hydrogen-bond acceptors (Lipinski definition) is 4. The van der Waals surface area contributed by atoms with E-state index >= 15 is 0 Å². The first-order valence-corrected chi connectivity index (χ1v) is 15.7. The Morgan fingerprint density at radius 3 is 2.13 bits per heavy atom. The van der Waals surface area contributed by atoms with Crippen LogP contribution in [0.25, 0.3) is 0 Å². The van der Waals surface area contributed by atoms with E-state index in [1.165, 1.54) is 76.3 Å². The number of benzene rings is 2. The van der Waals surface area contributed by atoms with Gasteiger partial charge in [-0.25, -0.2) is 0 Å². The number of rotatable bonds is 20. The molecule has 3 aromatic rings. The van der Waals surface area contributed by atoms with Gasteiger partial charge in [0.05, 0.1) is 12.0 Å². The van der Waals surface area contributed by atoms with Crippen molar-refractivity contribution < 1.29 is 18.8 Å². The first-order chi connectivity index (χ1) is 19.1. The zero-order chi connectivity index (χ0) is 27.5. The van der Waals surface area contributed by atoms with Crippen LogP contribution in [0.3, 0.4) is 0 Å². The quantitative estimate of drug-likeness (QED) is 0.113. The summed E-state index contributed by atoms with van der Waals surface area (Å²) in [7, 11) is 0. The van der Waals surface area contributed by atoms with Crippen molar-refractivity contribution in [2.45, 2.75) is 97.4 Å². The molecule has 0 fully saturated rings. The molecule has 0 spiro atoms. The van der Waals surface area contributed by atoms with E-state index in [0.717, 1.165) is 30.0 Å². The summed E-state index contributed by atoms with van der Waals surface area (Å²) in [5.41, 5.74) is 5.24. The molecule has 0 atom stereocenters. The Hall–Kier alpha value is -2.86. The van der Waals surface area contributed by atoms with Gasteiger partial charge in [-0.05, 0) is 30.7 Å². The van der Waals surface area contributed by atoms with Crippen molar-refractivity contribution >= 4 is 22.9 Å². The molecule has 0 unspecified atom stereocenters. The first kappa shape index (κ1) is 30.7. The fourth-order valence-corrected chi connectivity index (χ4v) is 5.37. The first-order valence-electron chi connectivity index (χ1n) is 14.8. The smallest absolute Gasteiger partial charge is 0.262 e. The van der Waals surface area contributed by atoms with Crippen LogP contribution in [0.2, 0.25) is 0 Å². The maximum absolute atomic E-state index is 12.5. The van der Waals surface area contributed by atoms with Crippen molar-refractivity contribution in [2.24, 2.45) is 0 Å². The van der Waals surface area contributed by atoms with Gasteiger partial charge in [0.2, 0.25) is 5.51 Å². The van der Waals surface area contributed by atoms with Gasteiger partial charge in [0, 0.05) is 24.2 Å². The van der Waals surface area contributed by atoms with E-state index in [1.54, 1.807) is 11.3 Å². The minimum Gasteiger partial charge on any atom is -0.493 e. The number of carbonyl (C=O) groups excluding carboxylic acids is 1. The van der Waals surface area contributed by atoms with Gasteiger partial charge in [-0.1, -0.05) is 107 Å². The summed E-state index contributed by atoms with van der Waals surface area (Å²) in [4.78, 5) is 12.5. The molecule has 0 saturated carbocycles. The van der Waals surface area contributed by atoms with Crippen LogP contribution in [-0.2, 0) is 11.3 Å². The van der Waals surface area contributed by atoms with Crippen LogP contribution in [0.4, 0.5) is 5.69 Å². The van der Waals surface area contributed by atoms with Crippen LogP contribution in [0, 0.1) is 6.92 Å². The number of unbranched alkanes of at least 4 members (excludes halogenated alkanes) is 11. The standard InChI is InChI=1S/C33H46N2O3S/c1-3-4-5-6-7-8-9-10-11-12-13-14-21-37-31-19-16-20-32(23-31)38-25-33(36)34-30-18-15-17-29(22-30)24-35-27-39-26-28(35)2/h15-20,22-23,26-27H,3-14,21,24-25H2,1-2H3/p+1. The molecule has 5 nitrogen and oxygen atoms in total. The Balaban J connectivity index is 1.27. The molecule has 0 saturated heterocycles. The molecule has 1 N–H and O–H groups in total. The van der Waals surface area contributed by atoms with Gasteiger partial charge in [-0.3, -0.25) is 4.79 Å². The maximum atomic E-state index is 12.5. The Bertz CT molecular complexity index is 1100. The van der Waals surface area contributed by atoms with Gasteiger partial charge >= 0.3 is 0 Å². The van der Waals surface area contributed by atoms with E-state index in [-0.39, 0.29) is 12.5 Å². The van der Waals surface area contributed by atoms with Crippen LogP contribution in [-0.4, -0.2) is 19.1 Å². The minimum absolute atomic E-state index is 0.0508. The highest BCUT2D eigenvalue weighted by molar-refractivity contribution is 7.07. The monoisotopic (exact) mass is 551 g/mol. The number of aromatic nitrogens is 1. The van der Waals surface area contributed by atoms with Crippen molar-refractivity contribution in [1.82, 2.24) is 0 Å². The van der Waals surface area contributed by atoms with E-state index < -0.39 is 0 Å². The fraction of sp³-hybridized carbons (Fsp3) is 0.515. The highest BCUT2D eigenvalue weighted by atomic mass is 32.1. The van der Waals surface area contributed by atoms with E-state index in [4.69, 9.17) is 9.47 Å². The molecular weight excluding hydrogens is 504 g/mol. The van der Waals surface area contributed by atoms with Crippen LogP contribution < -0.4 is 19.4 Å². The predicted molar refractivity (Wildman–Crippen MR) is 162 cm³/mol. The van der Waals surface area contributed by atoms with Crippen LogP contribution in [0.1, 0.15) is 95.2 Å². The number of aryl methyl sites for hydroxylation is 1. The summed E-state index contributed by atoms with van der Waals surface area (Å²) in [6, 6.07) is 15.5. The van der Waals surface area contributed by atoms with E-state index in [1.807, 2.05) is 42.5 Å². The molecule has 1 aromatic heterocycles. The number of carbonyl (C=O) groups is 1. The molecule has 1 amide bonds. The molecule has 1 heterocycles. The third-order valence-corrected chi connectivity index (χ3v) is 7.74. The molecule has 0 radical (unpaired) electrons. The third kappa shape index (κ3) is 12.7. The number of nitrogens with one attached hydrogen (secondary N) is 1. The molecule has 212 valence electrons. The Kier molecular flexibility index (Phi) is 14.5. The van der Waals surface area contributed by atoms with Crippen molar-refractivity contribution in [3.63, 3.8) is 0 Å². The van der Waals surface area contributed by atoms with Crippen molar-refractivity contribution in [3.05, 3.63) is 70.7 Å². The Labute approximate surface area is 239 Å². The third-order valence-electron chi connectivity index (χ3n) is 6.89. The summed E-state index contributed by atoms with van der Waals surface area (Å²) in [5, 5.41) is 5.07. The van der Waals surface area contributed by atoms with Gasteiger partial charge in [0.25, 0.3) is 5.91 Å². The van der Waals surface area contributed by atoms with Gasteiger partial charge in [0.15, 0.2) is 18.8 Å². The normalized spacial score (nSPS) is 10.9. The number of ether oxygens (including phenoxy) is 2. The molecule has 0 aliphatic carbocycles.